The number of nitrogens with one attached hydrogen (secondary N) is 1. The molecule has 0 fully saturated rings. The minimum absolute atomic E-state index is 0.312. The van der Waals surface area contributed by atoms with E-state index in [2.05, 4.69) is 5.32 Å². The summed E-state index contributed by atoms with van der Waals surface area (Å²) in [6.07, 6.45) is -4.17. The minimum atomic E-state index is -4.17. The van der Waals surface area contributed by atoms with Crippen LogP contribution in [0.2, 0.25) is 0 Å². The fraction of sp³-hybridized carbons (Fsp3) is 0.500. The molecule has 96 valence electrons. The molecule has 0 radical (unpaired) electrons. The van der Waals surface area contributed by atoms with Crippen molar-refractivity contribution in [2.45, 2.75) is 19.1 Å². The van der Waals surface area contributed by atoms with Gasteiger partial charge in [0.2, 0.25) is 0 Å². The van der Waals surface area contributed by atoms with Crippen molar-refractivity contribution < 1.29 is 13.2 Å². The summed E-state index contributed by atoms with van der Waals surface area (Å²) in [6.45, 7) is 0.750. The number of hydrogen-bond donors (Lipinski definition) is 1. The van der Waals surface area contributed by atoms with Gasteiger partial charge < -0.3 is 10.2 Å². The molecule has 1 unspecified atom stereocenters. The predicted molar refractivity (Wildman–Crippen MR) is 63.2 cm³/mol. The van der Waals surface area contributed by atoms with Gasteiger partial charge in [0, 0.05) is 25.8 Å². The van der Waals surface area contributed by atoms with Crippen LogP contribution in [0.25, 0.3) is 0 Å². The molecule has 5 heteroatoms. The Morgan fingerprint density at radius 1 is 1.18 bits per heavy atom. The molecule has 0 aliphatic carbocycles. The van der Waals surface area contributed by atoms with E-state index in [1.807, 2.05) is 43.3 Å². The number of nitrogens with zero attached hydrogens (tertiary/aromatic N) is 1. The third-order valence-corrected chi connectivity index (χ3v) is 2.52. The van der Waals surface area contributed by atoms with E-state index in [4.69, 9.17) is 0 Å². The third-order valence-electron chi connectivity index (χ3n) is 2.52. The van der Waals surface area contributed by atoms with Crippen LogP contribution in [0.5, 0.6) is 0 Å². The zero-order valence-corrected chi connectivity index (χ0v) is 10.2. The van der Waals surface area contributed by atoms with Crippen molar-refractivity contribution in [2.24, 2.45) is 0 Å². The molecule has 17 heavy (non-hydrogen) atoms. The Morgan fingerprint density at radius 3 is 2.12 bits per heavy atom. The lowest BCUT2D eigenvalue weighted by Crippen LogP contribution is -2.30. The van der Waals surface area contributed by atoms with Crippen molar-refractivity contribution in [2.75, 3.05) is 25.5 Å². The highest BCUT2D eigenvalue weighted by atomic mass is 19.4. The molecule has 0 aliphatic rings. The van der Waals surface area contributed by atoms with Gasteiger partial charge >= 0.3 is 6.18 Å². The number of rotatable bonds is 4. The molecular weight excluding hydrogens is 229 g/mol. The van der Waals surface area contributed by atoms with Crippen LogP contribution in [-0.4, -0.2) is 26.8 Å². The summed E-state index contributed by atoms with van der Waals surface area (Å²) in [5.41, 5.74) is 1.87. The zero-order chi connectivity index (χ0) is 13.1. The molecule has 0 saturated heterocycles. The largest absolute Gasteiger partial charge is 0.401 e. The van der Waals surface area contributed by atoms with Crippen molar-refractivity contribution >= 4 is 5.69 Å². The van der Waals surface area contributed by atoms with Gasteiger partial charge in [-0.05, 0) is 24.6 Å². The van der Waals surface area contributed by atoms with E-state index in [-0.39, 0.29) is 6.04 Å². The Balaban J connectivity index is 2.60. The summed E-state index contributed by atoms with van der Waals surface area (Å²) in [4.78, 5) is 1.94. The van der Waals surface area contributed by atoms with Crippen LogP contribution in [0, 0.1) is 0 Å². The number of anilines is 1. The van der Waals surface area contributed by atoms with E-state index in [1.165, 1.54) is 0 Å². The summed E-state index contributed by atoms with van der Waals surface area (Å²) < 4.78 is 36.1. The summed E-state index contributed by atoms with van der Waals surface area (Å²) in [5, 5.41) is 2.45. The first kappa shape index (κ1) is 13.8. The van der Waals surface area contributed by atoms with Crippen LogP contribution < -0.4 is 10.2 Å². The van der Waals surface area contributed by atoms with E-state index >= 15 is 0 Å². The second-order valence-electron chi connectivity index (χ2n) is 4.20. The molecule has 0 aliphatic heterocycles. The zero-order valence-electron chi connectivity index (χ0n) is 10.2. The Bertz CT molecular complexity index is 344. The Hall–Kier alpha value is -1.23. The Labute approximate surface area is 99.4 Å². The summed E-state index contributed by atoms with van der Waals surface area (Å²) in [7, 11) is 3.83. The van der Waals surface area contributed by atoms with Gasteiger partial charge in [-0.3, -0.25) is 0 Å². The van der Waals surface area contributed by atoms with Gasteiger partial charge in [-0.2, -0.15) is 13.2 Å². The highest BCUT2D eigenvalue weighted by Crippen LogP contribution is 2.19. The highest BCUT2D eigenvalue weighted by molar-refractivity contribution is 5.46. The Morgan fingerprint density at radius 2 is 1.71 bits per heavy atom. The van der Waals surface area contributed by atoms with E-state index in [0.29, 0.717) is 0 Å². The van der Waals surface area contributed by atoms with Crippen molar-refractivity contribution in [3.63, 3.8) is 0 Å². The van der Waals surface area contributed by atoms with Crippen LogP contribution in [-0.2, 0) is 0 Å². The number of alkyl halides is 3. The monoisotopic (exact) mass is 246 g/mol. The maximum absolute atomic E-state index is 12.0. The summed E-state index contributed by atoms with van der Waals surface area (Å²) >= 11 is 0. The van der Waals surface area contributed by atoms with Crippen LogP contribution in [0.3, 0.4) is 0 Å². The second-order valence-corrected chi connectivity index (χ2v) is 4.20. The average Bonchev–Trinajstić information content (AvgIpc) is 2.25. The molecule has 0 heterocycles. The first-order chi connectivity index (χ1) is 7.79. The van der Waals surface area contributed by atoms with E-state index < -0.39 is 12.7 Å². The van der Waals surface area contributed by atoms with Crippen molar-refractivity contribution in [3.05, 3.63) is 29.8 Å². The molecule has 0 amide bonds. The summed E-state index contributed by atoms with van der Waals surface area (Å²) in [5.74, 6) is 0. The fourth-order valence-electron chi connectivity index (χ4n) is 1.45. The lowest BCUT2D eigenvalue weighted by molar-refractivity contribution is -0.126. The van der Waals surface area contributed by atoms with E-state index in [1.54, 1.807) is 6.92 Å². The quantitative estimate of drug-likeness (QED) is 0.878. The average molecular weight is 246 g/mol. The number of halogens is 3. The fourth-order valence-corrected chi connectivity index (χ4v) is 1.45. The molecule has 0 saturated carbocycles. The molecule has 2 nitrogen and oxygen atoms in total. The maximum atomic E-state index is 12.0. The molecule has 0 spiro atoms. The molecule has 0 bridgehead atoms. The van der Waals surface area contributed by atoms with Crippen LogP contribution >= 0.6 is 0 Å². The van der Waals surface area contributed by atoms with Gasteiger partial charge in [0.1, 0.15) is 0 Å². The molecule has 1 N–H and O–H groups in total. The van der Waals surface area contributed by atoms with Gasteiger partial charge in [-0.1, -0.05) is 12.1 Å². The smallest absolute Gasteiger partial charge is 0.378 e. The first-order valence-corrected chi connectivity index (χ1v) is 5.37. The van der Waals surface area contributed by atoms with Gasteiger partial charge in [0.15, 0.2) is 0 Å². The van der Waals surface area contributed by atoms with Crippen molar-refractivity contribution in [1.82, 2.24) is 5.32 Å². The number of hydrogen-bond acceptors (Lipinski definition) is 2. The van der Waals surface area contributed by atoms with Gasteiger partial charge in [0.05, 0.1) is 6.54 Å². The third kappa shape index (κ3) is 4.65. The molecule has 1 rings (SSSR count). The predicted octanol–water partition coefficient (Wildman–Crippen LogP) is 2.97. The highest BCUT2D eigenvalue weighted by Gasteiger charge is 2.27. The minimum Gasteiger partial charge on any atom is -0.378 e. The van der Waals surface area contributed by atoms with Crippen molar-refractivity contribution in [1.29, 1.82) is 0 Å². The van der Waals surface area contributed by atoms with E-state index in [0.717, 1.165) is 11.3 Å². The molecule has 1 atom stereocenters. The molecule has 0 aromatic heterocycles. The topological polar surface area (TPSA) is 15.3 Å². The second kappa shape index (κ2) is 5.40. The summed E-state index contributed by atoms with van der Waals surface area (Å²) in [6, 6.07) is 7.14. The SMILES string of the molecule is CC(NCC(F)(F)F)c1ccc(N(C)C)cc1. The molecule has 1 aromatic carbocycles. The van der Waals surface area contributed by atoms with Crippen LogP contribution in [0.1, 0.15) is 18.5 Å². The number of benzene rings is 1. The lowest BCUT2D eigenvalue weighted by atomic mass is 10.1. The van der Waals surface area contributed by atoms with Gasteiger partial charge in [0.25, 0.3) is 0 Å². The molecular formula is C12H17F3N2. The normalized spacial score (nSPS) is 13.5. The van der Waals surface area contributed by atoms with Crippen LogP contribution in [0.4, 0.5) is 18.9 Å². The molecule has 1 aromatic rings. The Kier molecular flexibility index (Phi) is 4.40. The first-order valence-electron chi connectivity index (χ1n) is 5.37. The lowest BCUT2D eigenvalue weighted by Gasteiger charge is -2.17. The van der Waals surface area contributed by atoms with Gasteiger partial charge in [-0.15, -0.1) is 0 Å². The van der Waals surface area contributed by atoms with Crippen molar-refractivity contribution in [3.8, 4) is 0 Å². The van der Waals surface area contributed by atoms with E-state index in [9.17, 15) is 13.2 Å². The van der Waals surface area contributed by atoms with Gasteiger partial charge in [-0.25, -0.2) is 0 Å². The standard InChI is InChI=1S/C12H17F3N2/c1-9(16-8-12(13,14)15)10-4-6-11(7-5-10)17(2)3/h4-7,9,16H,8H2,1-3H3. The van der Waals surface area contributed by atoms with Crippen LogP contribution in [0.15, 0.2) is 24.3 Å². The maximum Gasteiger partial charge on any atom is 0.401 e.